The number of carbonyl (C=O) groups is 1. The molecule has 3 N–H and O–H groups in total. The largest absolute Gasteiger partial charge is 0.416 e. The lowest BCUT2D eigenvalue weighted by Crippen LogP contribution is -2.51. The molecular weight excluding hydrogens is 465 g/mol. The van der Waals surface area contributed by atoms with Gasteiger partial charge in [-0.3, -0.25) is 24.0 Å². The number of benzene rings is 1. The van der Waals surface area contributed by atoms with Crippen molar-refractivity contribution < 1.29 is 18.0 Å². The Balaban J connectivity index is 1.70. The minimum absolute atomic E-state index is 0.0111. The maximum absolute atomic E-state index is 13.1. The molecule has 1 aliphatic rings. The molecule has 192 valence electrons. The minimum Gasteiger partial charge on any atom is -0.383 e. The highest BCUT2D eigenvalue weighted by Gasteiger charge is 2.31. The standard InChI is InChI=1S/C23H31F3N6O3/c1-3-5-9-32-20(27)19(21(34)28-22(32)35)31(4-2)18(33)15-29-10-12-30(13-11-29)17-8-6-7-16(14-17)23(24,25)26/h6-8,14H,3-5,9-13,15,27H2,1-2H3,(H,28,34,35). The number of alkyl halides is 3. The molecular formula is C23H31F3N6O3. The summed E-state index contributed by atoms with van der Waals surface area (Å²) in [4.78, 5) is 45.1. The molecule has 0 saturated carbocycles. The van der Waals surface area contributed by atoms with E-state index in [0.29, 0.717) is 44.8 Å². The van der Waals surface area contributed by atoms with Gasteiger partial charge in [-0.1, -0.05) is 19.4 Å². The molecule has 12 heteroatoms. The Morgan fingerprint density at radius 1 is 1.14 bits per heavy atom. The average molecular weight is 497 g/mol. The maximum atomic E-state index is 13.1. The number of piperazine rings is 1. The number of carbonyl (C=O) groups excluding carboxylic acids is 1. The molecule has 1 aromatic heterocycles. The molecule has 0 atom stereocenters. The molecule has 0 unspecified atom stereocenters. The summed E-state index contributed by atoms with van der Waals surface area (Å²) in [6.07, 6.45) is -2.90. The molecule has 1 saturated heterocycles. The predicted octanol–water partition coefficient (Wildman–Crippen LogP) is 2.11. The van der Waals surface area contributed by atoms with Crippen LogP contribution in [0.2, 0.25) is 0 Å². The van der Waals surface area contributed by atoms with E-state index in [0.717, 1.165) is 18.6 Å². The van der Waals surface area contributed by atoms with E-state index in [9.17, 15) is 27.6 Å². The normalized spacial score (nSPS) is 14.8. The lowest BCUT2D eigenvalue weighted by Gasteiger charge is -2.36. The second-order valence-corrected chi connectivity index (χ2v) is 8.45. The highest BCUT2D eigenvalue weighted by atomic mass is 19.4. The molecule has 9 nitrogen and oxygen atoms in total. The van der Waals surface area contributed by atoms with Gasteiger partial charge in [-0.05, 0) is 31.5 Å². The van der Waals surface area contributed by atoms with Gasteiger partial charge in [0.2, 0.25) is 5.91 Å². The van der Waals surface area contributed by atoms with Crippen LogP contribution in [-0.2, 0) is 17.5 Å². The Bertz CT molecular complexity index is 1150. The van der Waals surface area contributed by atoms with Crippen LogP contribution in [0.4, 0.5) is 30.4 Å². The van der Waals surface area contributed by atoms with Gasteiger partial charge in [0.15, 0.2) is 5.69 Å². The van der Waals surface area contributed by atoms with Crippen LogP contribution in [-0.4, -0.2) is 59.6 Å². The van der Waals surface area contributed by atoms with Gasteiger partial charge in [0.25, 0.3) is 5.56 Å². The van der Waals surface area contributed by atoms with Crippen LogP contribution in [0.5, 0.6) is 0 Å². The van der Waals surface area contributed by atoms with Crippen molar-refractivity contribution in [1.82, 2.24) is 14.5 Å². The van der Waals surface area contributed by atoms with E-state index in [1.807, 2.05) is 16.7 Å². The zero-order valence-electron chi connectivity index (χ0n) is 19.9. The zero-order chi connectivity index (χ0) is 25.8. The van der Waals surface area contributed by atoms with Gasteiger partial charge in [-0.25, -0.2) is 4.79 Å². The molecule has 35 heavy (non-hydrogen) atoms. The van der Waals surface area contributed by atoms with Crippen molar-refractivity contribution in [1.29, 1.82) is 0 Å². The van der Waals surface area contributed by atoms with Crippen molar-refractivity contribution in [3.63, 3.8) is 0 Å². The molecule has 1 aromatic carbocycles. The molecule has 1 amide bonds. The molecule has 2 aromatic rings. The number of amides is 1. The number of hydrogen-bond donors (Lipinski definition) is 2. The number of H-pyrrole nitrogens is 1. The molecule has 0 bridgehead atoms. The summed E-state index contributed by atoms with van der Waals surface area (Å²) in [5.41, 5.74) is 4.55. The number of aromatic nitrogens is 2. The van der Waals surface area contributed by atoms with Crippen LogP contribution < -0.4 is 26.8 Å². The third-order valence-electron chi connectivity index (χ3n) is 6.11. The minimum atomic E-state index is -4.41. The Kier molecular flexibility index (Phi) is 8.26. The van der Waals surface area contributed by atoms with Crippen molar-refractivity contribution in [3.05, 3.63) is 50.7 Å². The van der Waals surface area contributed by atoms with Crippen molar-refractivity contribution in [3.8, 4) is 0 Å². The highest BCUT2D eigenvalue weighted by Crippen LogP contribution is 2.32. The molecule has 2 heterocycles. The Hall–Kier alpha value is -3.28. The lowest BCUT2D eigenvalue weighted by atomic mass is 10.1. The van der Waals surface area contributed by atoms with Crippen LogP contribution in [0.15, 0.2) is 33.9 Å². The van der Waals surface area contributed by atoms with Crippen molar-refractivity contribution in [2.24, 2.45) is 0 Å². The fraction of sp³-hybridized carbons (Fsp3) is 0.522. The van der Waals surface area contributed by atoms with Gasteiger partial charge in [0, 0.05) is 45.0 Å². The van der Waals surface area contributed by atoms with E-state index in [4.69, 9.17) is 5.73 Å². The van der Waals surface area contributed by atoms with Crippen LogP contribution in [0, 0.1) is 0 Å². The van der Waals surface area contributed by atoms with Gasteiger partial charge in [-0.15, -0.1) is 0 Å². The number of hydrogen-bond acceptors (Lipinski definition) is 6. The zero-order valence-corrected chi connectivity index (χ0v) is 19.9. The average Bonchev–Trinajstić information content (AvgIpc) is 2.81. The third-order valence-corrected chi connectivity index (χ3v) is 6.11. The van der Waals surface area contributed by atoms with E-state index in [-0.39, 0.29) is 30.5 Å². The highest BCUT2D eigenvalue weighted by molar-refractivity contribution is 5.96. The van der Waals surface area contributed by atoms with E-state index in [2.05, 4.69) is 4.98 Å². The second-order valence-electron chi connectivity index (χ2n) is 8.45. The van der Waals surface area contributed by atoms with Crippen molar-refractivity contribution in [2.45, 2.75) is 39.4 Å². The van der Waals surface area contributed by atoms with E-state index in [1.165, 1.54) is 15.5 Å². The number of nitrogens with two attached hydrogens (primary N) is 1. The van der Waals surface area contributed by atoms with Crippen molar-refractivity contribution in [2.75, 3.05) is 54.8 Å². The fourth-order valence-corrected chi connectivity index (χ4v) is 4.16. The van der Waals surface area contributed by atoms with Gasteiger partial charge in [-0.2, -0.15) is 13.2 Å². The number of aromatic amines is 1. The van der Waals surface area contributed by atoms with E-state index in [1.54, 1.807) is 13.0 Å². The van der Waals surface area contributed by atoms with E-state index >= 15 is 0 Å². The van der Waals surface area contributed by atoms with Crippen LogP contribution in [0.1, 0.15) is 32.3 Å². The van der Waals surface area contributed by atoms with Gasteiger partial charge in [0.05, 0.1) is 12.1 Å². The molecule has 0 spiro atoms. The molecule has 3 rings (SSSR count). The molecule has 0 aliphatic carbocycles. The fourth-order valence-electron chi connectivity index (χ4n) is 4.16. The first-order chi connectivity index (χ1) is 16.6. The van der Waals surface area contributed by atoms with Crippen LogP contribution >= 0.6 is 0 Å². The summed E-state index contributed by atoms with van der Waals surface area (Å²) in [5, 5.41) is 0. The van der Waals surface area contributed by atoms with E-state index < -0.39 is 23.0 Å². The summed E-state index contributed by atoms with van der Waals surface area (Å²) in [7, 11) is 0. The number of nitrogens with one attached hydrogen (secondary N) is 1. The Morgan fingerprint density at radius 3 is 2.43 bits per heavy atom. The number of nitrogen functional groups attached to an aromatic ring is 1. The smallest absolute Gasteiger partial charge is 0.383 e. The summed E-state index contributed by atoms with van der Waals surface area (Å²) in [6.45, 7) is 6.01. The van der Waals surface area contributed by atoms with Crippen LogP contribution in [0.3, 0.4) is 0 Å². The molecule has 0 radical (unpaired) electrons. The van der Waals surface area contributed by atoms with Gasteiger partial charge >= 0.3 is 11.9 Å². The van der Waals surface area contributed by atoms with Gasteiger partial charge in [0.1, 0.15) is 5.82 Å². The summed E-state index contributed by atoms with van der Waals surface area (Å²) >= 11 is 0. The summed E-state index contributed by atoms with van der Waals surface area (Å²) in [5.74, 6) is -0.394. The monoisotopic (exact) mass is 496 g/mol. The summed E-state index contributed by atoms with van der Waals surface area (Å²) < 4.78 is 40.4. The number of halogens is 3. The predicted molar refractivity (Wildman–Crippen MR) is 129 cm³/mol. The number of rotatable bonds is 8. The summed E-state index contributed by atoms with van der Waals surface area (Å²) in [6, 6.07) is 5.19. The molecule has 1 aliphatic heterocycles. The van der Waals surface area contributed by atoms with Crippen molar-refractivity contribution >= 4 is 23.1 Å². The van der Waals surface area contributed by atoms with Gasteiger partial charge < -0.3 is 15.5 Å². The van der Waals surface area contributed by atoms with Crippen LogP contribution in [0.25, 0.3) is 0 Å². The number of anilines is 3. The molecule has 1 fully saturated rings. The number of likely N-dealkylation sites (N-methyl/N-ethyl adjacent to an activating group) is 1. The lowest BCUT2D eigenvalue weighted by molar-refractivity contribution is -0.137. The SMILES string of the molecule is CCCCn1c(N)c(N(CC)C(=O)CN2CCN(c3cccc(C(F)(F)F)c3)CC2)c(=O)[nH]c1=O. The third kappa shape index (κ3) is 6.05. The Morgan fingerprint density at radius 2 is 1.83 bits per heavy atom. The number of nitrogens with zero attached hydrogens (tertiary/aromatic N) is 4. The second kappa shape index (κ2) is 11.0. The first-order valence-corrected chi connectivity index (χ1v) is 11.6. The quantitative estimate of drug-likeness (QED) is 0.580. The first-order valence-electron chi connectivity index (χ1n) is 11.6. The first kappa shape index (κ1) is 26.3. The Labute approximate surface area is 200 Å². The topological polar surface area (TPSA) is 108 Å². The number of unbranched alkanes of at least 4 members (excludes halogenated alkanes) is 1. The maximum Gasteiger partial charge on any atom is 0.416 e.